The highest BCUT2D eigenvalue weighted by Gasteiger charge is 2.50. The number of hydrogen-bond acceptors (Lipinski definition) is 11. The zero-order valence-electron chi connectivity index (χ0n) is 44.4. The molecule has 6 unspecified atom stereocenters. The first kappa shape index (κ1) is 65.2. The molecule has 0 amide bonds. The lowest BCUT2D eigenvalue weighted by Gasteiger charge is -2.40. The third-order valence-electron chi connectivity index (χ3n) is 12.2. The molecule has 0 spiro atoms. The Kier molecular flexibility index (Phi) is 43.3. The Balaban J connectivity index is 2.75. The number of rotatable bonds is 46. The van der Waals surface area contributed by atoms with Crippen LogP contribution >= 0.6 is 0 Å². The van der Waals surface area contributed by atoms with Gasteiger partial charge in [-0.1, -0.05) is 196 Å². The van der Waals surface area contributed by atoms with Gasteiger partial charge >= 0.3 is 23.9 Å². The van der Waals surface area contributed by atoms with Crippen LogP contribution in [0.1, 0.15) is 226 Å². The Morgan fingerprint density at radius 3 is 1.44 bits per heavy atom. The number of aliphatic carboxylic acids is 1. The van der Waals surface area contributed by atoms with Gasteiger partial charge in [-0.3, -0.25) is 14.4 Å². The smallest absolute Gasteiger partial charge is 0.335 e. The van der Waals surface area contributed by atoms with Crippen molar-refractivity contribution in [2.24, 2.45) is 0 Å². The van der Waals surface area contributed by atoms with E-state index in [0.717, 1.165) is 109 Å². The SMILES string of the molecule is CC/C=C\C/C=C\C/C=C\C/C=C\CCCCC(=O)OCC(COC1OC(C(=O)O)C(O)C(O)C1OC(=O)CCCCCCC/C=C\C/C=C\CCC)OC(=O)CCCCCCCCCCCCCCC. The van der Waals surface area contributed by atoms with E-state index in [0.29, 0.717) is 19.3 Å². The van der Waals surface area contributed by atoms with Gasteiger partial charge in [-0.05, 0) is 83.5 Å². The quantitative estimate of drug-likeness (QED) is 0.0228. The maximum atomic E-state index is 13.1. The van der Waals surface area contributed by atoms with Crippen molar-refractivity contribution in [3.05, 3.63) is 72.9 Å². The van der Waals surface area contributed by atoms with Crippen molar-refractivity contribution >= 4 is 23.9 Å². The third kappa shape index (κ3) is 37.6. The minimum Gasteiger partial charge on any atom is -0.479 e. The van der Waals surface area contributed by atoms with Crippen LogP contribution in [0.4, 0.5) is 0 Å². The molecule has 1 aliphatic rings. The number of carboxylic acids is 1. The molecule has 1 rings (SSSR count). The molecule has 12 heteroatoms. The summed E-state index contributed by atoms with van der Waals surface area (Å²) in [6.45, 7) is 5.75. The van der Waals surface area contributed by atoms with Crippen molar-refractivity contribution in [1.82, 2.24) is 0 Å². The van der Waals surface area contributed by atoms with E-state index in [-0.39, 0.29) is 25.9 Å². The number of hydrogen-bond donors (Lipinski definition) is 3. The standard InChI is InChI=1S/C59H98O12/c1-4-7-10-13-16-19-22-25-26-29-30-33-36-39-42-45-51(60)67-48-50(69-52(61)46-43-40-37-34-31-27-23-20-17-14-11-8-5-2)49-68-59-57(55(64)54(63)56(71-59)58(65)66)70-53(62)47-44-41-38-35-32-28-24-21-18-15-12-9-6-3/h7,10,12,15-16,19,21,24-26,30,33,50,54-57,59,63-64H,4-6,8-9,11,13-14,17-18,20,22-23,27-29,31-32,34-49H2,1-3H3,(H,65,66)/b10-7-,15-12-,19-16-,24-21-,26-25-,33-30-. The third-order valence-corrected chi connectivity index (χ3v) is 12.2. The van der Waals surface area contributed by atoms with Crippen LogP contribution in [0.5, 0.6) is 0 Å². The number of ether oxygens (including phenoxy) is 5. The second-order valence-corrected chi connectivity index (χ2v) is 18.8. The zero-order chi connectivity index (χ0) is 51.8. The van der Waals surface area contributed by atoms with Crippen LogP contribution in [-0.4, -0.2) is 89.2 Å². The van der Waals surface area contributed by atoms with Gasteiger partial charge in [0.15, 0.2) is 24.6 Å². The molecule has 0 aromatic carbocycles. The molecule has 3 N–H and O–H groups in total. The Morgan fingerprint density at radius 1 is 0.479 bits per heavy atom. The maximum absolute atomic E-state index is 13.1. The van der Waals surface area contributed by atoms with Crippen LogP contribution in [0.3, 0.4) is 0 Å². The summed E-state index contributed by atoms with van der Waals surface area (Å²) in [6, 6.07) is 0. The van der Waals surface area contributed by atoms with Crippen molar-refractivity contribution in [3.8, 4) is 0 Å². The van der Waals surface area contributed by atoms with Crippen molar-refractivity contribution in [3.63, 3.8) is 0 Å². The molecular formula is C59H98O12. The summed E-state index contributed by atoms with van der Waals surface area (Å²) in [5.41, 5.74) is 0. The highest BCUT2D eigenvalue weighted by molar-refractivity contribution is 5.74. The predicted molar refractivity (Wildman–Crippen MR) is 285 cm³/mol. The Bertz CT molecular complexity index is 1510. The number of aliphatic hydroxyl groups is 2. The number of carbonyl (C=O) groups excluding carboxylic acids is 3. The van der Waals surface area contributed by atoms with Crippen molar-refractivity contribution in [2.75, 3.05) is 13.2 Å². The number of unbranched alkanes of at least 4 members (excludes halogenated alkanes) is 20. The molecule has 12 nitrogen and oxygen atoms in total. The first-order valence-electron chi connectivity index (χ1n) is 27.9. The van der Waals surface area contributed by atoms with E-state index in [1.807, 2.05) is 0 Å². The average Bonchev–Trinajstić information content (AvgIpc) is 3.35. The van der Waals surface area contributed by atoms with E-state index < -0.39 is 67.3 Å². The van der Waals surface area contributed by atoms with Crippen molar-refractivity contribution in [1.29, 1.82) is 0 Å². The number of allylic oxidation sites excluding steroid dienone is 12. The van der Waals surface area contributed by atoms with Gasteiger partial charge in [-0.25, -0.2) is 4.79 Å². The lowest BCUT2D eigenvalue weighted by molar-refractivity contribution is -0.301. The second-order valence-electron chi connectivity index (χ2n) is 18.8. The van der Waals surface area contributed by atoms with E-state index in [1.165, 1.54) is 57.8 Å². The van der Waals surface area contributed by atoms with Gasteiger partial charge in [0.1, 0.15) is 18.8 Å². The summed E-state index contributed by atoms with van der Waals surface area (Å²) in [5.74, 6) is -3.19. The Morgan fingerprint density at radius 2 is 0.915 bits per heavy atom. The summed E-state index contributed by atoms with van der Waals surface area (Å²) in [4.78, 5) is 51.0. The molecule has 0 saturated carbocycles. The van der Waals surface area contributed by atoms with Gasteiger partial charge in [-0.15, -0.1) is 0 Å². The van der Waals surface area contributed by atoms with Gasteiger partial charge in [-0.2, -0.15) is 0 Å². The minimum absolute atomic E-state index is 0.0389. The van der Waals surface area contributed by atoms with E-state index >= 15 is 0 Å². The van der Waals surface area contributed by atoms with E-state index in [4.69, 9.17) is 23.7 Å². The van der Waals surface area contributed by atoms with Gasteiger partial charge in [0.2, 0.25) is 0 Å². The molecule has 0 radical (unpaired) electrons. The van der Waals surface area contributed by atoms with Gasteiger partial charge in [0.05, 0.1) is 6.61 Å². The van der Waals surface area contributed by atoms with Crippen molar-refractivity contribution in [2.45, 2.75) is 263 Å². The number of carboxylic acid groups (broad SMARTS) is 1. The number of esters is 3. The van der Waals surface area contributed by atoms with Crippen LogP contribution in [0, 0.1) is 0 Å². The number of carbonyl (C=O) groups is 4. The normalized spacial score (nSPS) is 19.0. The largest absolute Gasteiger partial charge is 0.479 e. The van der Waals surface area contributed by atoms with Gasteiger partial charge in [0, 0.05) is 19.3 Å². The van der Waals surface area contributed by atoms with Crippen LogP contribution in [0.15, 0.2) is 72.9 Å². The fraction of sp³-hybridized carbons (Fsp3) is 0.729. The molecule has 0 aromatic heterocycles. The van der Waals surface area contributed by atoms with Gasteiger partial charge in [0.25, 0.3) is 0 Å². The molecule has 71 heavy (non-hydrogen) atoms. The molecule has 0 bridgehead atoms. The van der Waals surface area contributed by atoms with Gasteiger partial charge < -0.3 is 39.0 Å². The molecule has 0 aliphatic carbocycles. The van der Waals surface area contributed by atoms with Crippen LogP contribution in [0.25, 0.3) is 0 Å². The Hall–Kier alpha value is -3.84. The van der Waals surface area contributed by atoms with Crippen molar-refractivity contribution < 1.29 is 58.2 Å². The molecule has 1 aliphatic heterocycles. The summed E-state index contributed by atoms with van der Waals surface area (Å²) in [6.07, 6.45) is 46.0. The molecule has 406 valence electrons. The lowest BCUT2D eigenvalue weighted by atomic mass is 9.98. The highest BCUT2D eigenvalue weighted by atomic mass is 16.7. The van der Waals surface area contributed by atoms with E-state index in [1.54, 1.807) is 0 Å². The fourth-order valence-corrected chi connectivity index (χ4v) is 7.98. The monoisotopic (exact) mass is 999 g/mol. The zero-order valence-corrected chi connectivity index (χ0v) is 44.4. The molecular weight excluding hydrogens is 901 g/mol. The van der Waals surface area contributed by atoms with E-state index in [2.05, 4.69) is 93.7 Å². The molecule has 1 heterocycles. The number of aliphatic hydroxyl groups excluding tert-OH is 2. The predicted octanol–water partition coefficient (Wildman–Crippen LogP) is 13.8. The highest BCUT2D eigenvalue weighted by Crippen LogP contribution is 2.26. The fourth-order valence-electron chi connectivity index (χ4n) is 7.98. The first-order chi connectivity index (χ1) is 34.6. The second kappa shape index (κ2) is 47.2. The molecule has 6 atom stereocenters. The molecule has 1 fully saturated rings. The molecule has 0 aromatic rings. The van der Waals surface area contributed by atoms with Crippen LogP contribution < -0.4 is 0 Å². The summed E-state index contributed by atoms with van der Waals surface area (Å²) < 4.78 is 28.3. The van der Waals surface area contributed by atoms with Crippen LogP contribution in [0.2, 0.25) is 0 Å². The first-order valence-corrected chi connectivity index (χ1v) is 27.9. The summed E-state index contributed by atoms with van der Waals surface area (Å²) >= 11 is 0. The average molecular weight is 999 g/mol. The summed E-state index contributed by atoms with van der Waals surface area (Å²) in [5, 5.41) is 31.4. The van der Waals surface area contributed by atoms with Crippen LogP contribution in [-0.2, 0) is 42.9 Å². The maximum Gasteiger partial charge on any atom is 0.335 e. The minimum atomic E-state index is -1.91. The lowest BCUT2D eigenvalue weighted by Crippen LogP contribution is -2.61. The van der Waals surface area contributed by atoms with E-state index in [9.17, 15) is 34.5 Å². The topological polar surface area (TPSA) is 175 Å². The molecule has 1 saturated heterocycles. The summed E-state index contributed by atoms with van der Waals surface area (Å²) in [7, 11) is 0. The Labute approximate surface area is 429 Å².